The molecular formula is C26H30N4O6S. The molecule has 2 amide bonds. The quantitative estimate of drug-likeness (QED) is 0.273. The molecule has 1 saturated heterocycles. The Kier molecular flexibility index (Phi) is 7.76. The Bertz CT molecular complexity index is 1400. The number of rotatable bonds is 10. The maximum Gasteiger partial charge on any atom is 0.268 e. The molecule has 1 aliphatic rings. The van der Waals surface area contributed by atoms with Gasteiger partial charge in [-0.05, 0) is 49.7 Å². The zero-order valence-electron chi connectivity index (χ0n) is 20.7. The highest BCUT2D eigenvalue weighted by Crippen LogP contribution is 2.27. The molecule has 0 spiro atoms. The smallest absolute Gasteiger partial charge is 0.268 e. The first-order chi connectivity index (χ1) is 17.7. The van der Waals surface area contributed by atoms with Crippen molar-refractivity contribution in [1.29, 1.82) is 0 Å². The van der Waals surface area contributed by atoms with Crippen molar-refractivity contribution in [2.75, 3.05) is 13.1 Å². The average molecular weight is 527 g/mol. The van der Waals surface area contributed by atoms with Crippen LogP contribution in [0.15, 0.2) is 59.5 Å². The minimum atomic E-state index is -4.14. The number of hydroxylamine groups is 1. The number of carbonyl (C=O) groups is 2. The molecule has 0 unspecified atom stereocenters. The third kappa shape index (κ3) is 5.74. The first-order valence-electron chi connectivity index (χ1n) is 12.0. The van der Waals surface area contributed by atoms with Gasteiger partial charge in [0.15, 0.2) is 0 Å². The number of carbonyl (C=O) groups excluding carboxylic acids is 2. The van der Waals surface area contributed by atoms with Crippen molar-refractivity contribution in [1.82, 2.24) is 20.1 Å². The Morgan fingerprint density at radius 3 is 2.51 bits per heavy atom. The number of sulfonamides is 1. The number of benzene rings is 2. The van der Waals surface area contributed by atoms with E-state index in [-0.39, 0.29) is 30.5 Å². The minimum absolute atomic E-state index is 0.0778. The summed E-state index contributed by atoms with van der Waals surface area (Å²) in [6.07, 6.45) is 1.86. The summed E-state index contributed by atoms with van der Waals surface area (Å²) in [6.45, 7) is 3.81. The first-order valence-corrected chi connectivity index (χ1v) is 13.5. The molecule has 3 N–H and O–H groups in total. The van der Waals surface area contributed by atoms with Crippen LogP contribution < -0.4 is 14.9 Å². The summed E-state index contributed by atoms with van der Waals surface area (Å²) in [5.41, 5.74) is 2.57. The minimum Gasteiger partial charge on any atom is -0.489 e. The van der Waals surface area contributed by atoms with Gasteiger partial charge in [0.25, 0.3) is 5.91 Å². The lowest BCUT2D eigenvalue weighted by Crippen LogP contribution is -2.76. The Hall–Kier alpha value is -3.54. The largest absolute Gasteiger partial charge is 0.489 e. The van der Waals surface area contributed by atoms with Crippen LogP contribution in [0.1, 0.15) is 37.4 Å². The maximum atomic E-state index is 13.1. The number of nitrogens with zero attached hydrogens (tertiary/aromatic N) is 2. The van der Waals surface area contributed by atoms with Crippen molar-refractivity contribution in [3.05, 3.63) is 65.9 Å². The standard InChI is InChI=1S/C26H30N4O6S/c1-3-4-9-24(31)30-16-26(17-30,25(32)28-33)29-37(34,35)21-12-10-20(11-13-21)36-15-19-14-18(2)27-23-8-6-5-7-22(19)23/h5-8,10-14,29,33H,3-4,9,15-17H2,1-2H3,(H,28,32). The van der Waals surface area contributed by atoms with E-state index >= 15 is 0 Å². The molecule has 1 aromatic heterocycles. The van der Waals surface area contributed by atoms with E-state index in [9.17, 15) is 23.2 Å². The predicted octanol–water partition coefficient (Wildman–Crippen LogP) is 2.68. The highest BCUT2D eigenvalue weighted by Gasteiger charge is 2.53. The third-order valence-corrected chi connectivity index (χ3v) is 7.89. The number of unbranched alkanes of at least 4 members (excludes halogenated alkanes) is 1. The molecule has 37 heavy (non-hydrogen) atoms. The fraction of sp³-hybridized carbons (Fsp3) is 0.346. The SMILES string of the molecule is CCCCC(=O)N1CC(NS(=O)(=O)c2ccc(OCc3cc(C)nc4ccccc34)cc2)(C(=O)NO)C1. The Morgan fingerprint density at radius 2 is 1.84 bits per heavy atom. The summed E-state index contributed by atoms with van der Waals surface area (Å²) in [7, 11) is -4.14. The van der Waals surface area contributed by atoms with Gasteiger partial charge in [-0.25, -0.2) is 13.9 Å². The second kappa shape index (κ2) is 10.8. The van der Waals surface area contributed by atoms with Crippen molar-refractivity contribution in [3.8, 4) is 5.75 Å². The van der Waals surface area contributed by atoms with Crippen LogP contribution in [0.4, 0.5) is 0 Å². The van der Waals surface area contributed by atoms with E-state index in [0.29, 0.717) is 18.6 Å². The summed E-state index contributed by atoms with van der Waals surface area (Å²) in [4.78, 5) is 30.4. The molecule has 0 saturated carbocycles. The summed E-state index contributed by atoms with van der Waals surface area (Å²) in [5.74, 6) is -0.617. The van der Waals surface area contributed by atoms with Gasteiger partial charge in [0, 0.05) is 23.1 Å². The number of hydrogen-bond acceptors (Lipinski definition) is 7. The third-order valence-electron chi connectivity index (χ3n) is 6.34. The van der Waals surface area contributed by atoms with E-state index in [1.807, 2.05) is 44.2 Å². The van der Waals surface area contributed by atoms with E-state index in [2.05, 4.69) is 9.71 Å². The highest BCUT2D eigenvalue weighted by molar-refractivity contribution is 7.89. The van der Waals surface area contributed by atoms with E-state index in [4.69, 9.17) is 4.74 Å². The van der Waals surface area contributed by atoms with E-state index in [1.165, 1.54) is 34.6 Å². The van der Waals surface area contributed by atoms with E-state index < -0.39 is 21.5 Å². The van der Waals surface area contributed by atoms with Crippen LogP contribution >= 0.6 is 0 Å². The monoisotopic (exact) mass is 526 g/mol. The zero-order chi connectivity index (χ0) is 26.6. The summed E-state index contributed by atoms with van der Waals surface area (Å²) in [6, 6.07) is 15.5. The number of hydrogen-bond donors (Lipinski definition) is 3. The molecule has 3 aromatic rings. The fourth-order valence-electron chi connectivity index (χ4n) is 4.34. The van der Waals surface area contributed by atoms with E-state index in [0.717, 1.165) is 28.6 Å². The molecule has 10 nitrogen and oxygen atoms in total. The van der Waals surface area contributed by atoms with Crippen molar-refractivity contribution >= 4 is 32.7 Å². The van der Waals surface area contributed by atoms with Crippen LogP contribution in [0, 0.1) is 6.92 Å². The van der Waals surface area contributed by atoms with Gasteiger partial charge in [0.1, 0.15) is 17.9 Å². The van der Waals surface area contributed by atoms with Gasteiger partial charge in [-0.1, -0.05) is 31.5 Å². The van der Waals surface area contributed by atoms with Crippen molar-refractivity contribution in [2.24, 2.45) is 0 Å². The van der Waals surface area contributed by atoms with Crippen LogP contribution in [0.3, 0.4) is 0 Å². The summed E-state index contributed by atoms with van der Waals surface area (Å²) in [5, 5.41) is 10.2. The number of amides is 2. The van der Waals surface area contributed by atoms with Crippen LogP contribution in [0.25, 0.3) is 10.9 Å². The second-order valence-corrected chi connectivity index (χ2v) is 10.9. The Balaban J connectivity index is 1.44. The predicted molar refractivity (Wildman–Crippen MR) is 136 cm³/mol. The molecular weight excluding hydrogens is 496 g/mol. The molecule has 0 radical (unpaired) electrons. The van der Waals surface area contributed by atoms with Gasteiger partial charge in [-0.3, -0.25) is 19.8 Å². The van der Waals surface area contributed by atoms with Crippen LogP contribution in [0.2, 0.25) is 0 Å². The van der Waals surface area contributed by atoms with Crippen LogP contribution in [-0.2, 0) is 26.2 Å². The fourth-order valence-corrected chi connectivity index (χ4v) is 5.68. The lowest BCUT2D eigenvalue weighted by atomic mass is 9.89. The highest BCUT2D eigenvalue weighted by atomic mass is 32.2. The lowest BCUT2D eigenvalue weighted by Gasteiger charge is -2.48. The van der Waals surface area contributed by atoms with Crippen molar-refractivity contribution in [3.63, 3.8) is 0 Å². The van der Waals surface area contributed by atoms with Gasteiger partial charge in [0.2, 0.25) is 15.9 Å². The van der Waals surface area contributed by atoms with Gasteiger partial charge in [-0.15, -0.1) is 0 Å². The number of aromatic nitrogens is 1. The number of pyridine rings is 1. The first kappa shape index (κ1) is 26.5. The number of aryl methyl sites for hydroxylation is 1. The molecule has 0 aliphatic carbocycles. The Morgan fingerprint density at radius 1 is 1.14 bits per heavy atom. The Labute approximate surface area is 215 Å². The number of likely N-dealkylation sites (tertiary alicyclic amines) is 1. The van der Waals surface area contributed by atoms with Crippen molar-refractivity contribution < 1.29 is 28.0 Å². The van der Waals surface area contributed by atoms with Crippen LogP contribution in [-0.4, -0.2) is 54.0 Å². The van der Waals surface area contributed by atoms with Gasteiger partial charge >= 0.3 is 0 Å². The molecule has 2 aromatic carbocycles. The molecule has 2 heterocycles. The maximum absolute atomic E-state index is 13.1. The van der Waals surface area contributed by atoms with Crippen LogP contribution in [0.5, 0.6) is 5.75 Å². The molecule has 1 fully saturated rings. The lowest BCUT2D eigenvalue weighted by molar-refractivity contribution is -0.150. The normalized spacial score (nSPS) is 14.7. The molecule has 4 rings (SSSR count). The molecule has 0 atom stereocenters. The molecule has 0 bridgehead atoms. The van der Waals surface area contributed by atoms with Gasteiger partial charge < -0.3 is 9.64 Å². The molecule has 1 aliphatic heterocycles. The number of nitrogens with one attached hydrogen (secondary N) is 2. The zero-order valence-corrected chi connectivity index (χ0v) is 21.5. The van der Waals surface area contributed by atoms with Gasteiger partial charge in [0.05, 0.1) is 23.5 Å². The topological polar surface area (TPSA) is 138 Å². The molecule has 196 valence electrons. The summed E-state index contributed by atoms with van der Waals surface area (Å²) >= 11 is 0. The summed E-state index contributed by atoms with van der Waals surface area (Å²) < 4.78 is 34.4. The number of fused-ring (bicyclic) bond motifs is 1. The number of para-hydroxylation sites is 1. The average Bonchev–Trinajstić information content (AvgIpc) is 2.87. The molecule has 11 heteroatoms. The van der Waals surface area contributed by atoms with Gasteiger partial charge in [-0.2, -0.15) is 4.72 Å². The second-order valence-electron chi connectivity index (χ2n) is 9.18. The van der Waals surface area contributed by atoms with Crippen molar-refractivity contribution in [2.45, 2.75) is 50.2 Å². The number of ether oxygens (including phenoxy) is 1. The van der Waals surface area contributed by atoms with E-state index in [1.54, 1.807) is 0 Å².